The number of fused-ring (bicyclic) bond motifs is 1. The molecule has 20 heavy (non-hydrogen) atoms. The van der Waals surface area contributed by atoms with Gasteiger partial charge in [0.05, 0.1) is 11.0 Å². The van der Waals surface area contributed by atoms with E-state index in [4.69, 9.17) is 5.11 Å². The van der Waals surface area contributed by atoms with Gasteiger partial charge in [-0.2, -0.15) is 0 Å². The Morgan fingerprint density at radius 2 is 2.20 bits per heavy atom. The number of hydrogen-bond donors (Lipinski definition) is 3. The number of carbonyl (C=O) groups is 1. The molecule has 0 unspecified atom stereocenters. The second kappa shape index (κ2) is 5.22. The maximum atomic E-state index is 10.6. The number of nitrogens with one attached hydrogen (secondary N) is 2. The Labute approximate surface area is 118 Å². The molecule has 0 atom stereocenters. The largest absolute Gasteiger partial charge is 0.465 e. The summed E-state index contributed by atoms with van der Waals surface area (Å²) in [6, 6.07) is 11.4. The number of amides is 1. The predicted octanol–water partition coefficient (Wildman–Crippen LogP) is 3.20. The first kappa shape index (κ1) is 12.5. The van der Waals surface area contributed by atoms with E-state index in [1.54, 1.807) is 6.20 Å². The number of imidazole rings is 1. The zero-order chi connectivity index (χ0) is 13.9. The van der Waals surface area contributed by atoms with Crippen LogP contribution in [0.1, 0.15) is 0 Å². The van der Waals surface area contributed by atoms with Crippen LogP contribution in [-0.4, -0.2) is 26.2 Å². The van der Waals surface area contributed by atoms with Crippen molar-refractivity contribution >= 4 is 34.8 Å². The molecule has 1 amide bonds. The van der Waals surface area contributed by atoms with Gasteiger partial charge in [0.25, 0.3) is 0 Å². The van der Waals surface area contributed by atoms with Crippen LogP contribution >= 0.6 is 11.8 Å². The van der Waals surface area contributed by atoms with E-state index in [1.165, 1.54) is 11.8 Å². The second-order valence-electron chi connectivity index (χ2n) is 3.96. The Bertz CT molecular complexity index is 757. The number of aromatic amines is 1. The average Bonchev–Trinajstić information content (AvgIpc) is 2.80. The van der Waals surface area contributed by atoms with Gasteiger partial charge >= 0.3 is 6.09 Å². The molecule has 3 rings (SSSR count). The van der Waals surface area contributed by atoms with Crippen molar-refractivity contribution in [2.75, 3.05) is 5.32 Å². The Hall–Kier alpha value is -2.54. The van der Waals surface area contributed by atoms with Crippen molar-refractivity contribution in [2.24, 2.45) is 0 Å². The van der Waals surface area contributed by atoms with Crippen LogP contribution in [0.4, 0.5) is 10.7 Å². The molecular formula is C13H10N4O2S. The number of anilines is 1. The fourth-order valence-electron chi connectivity index (χ4n) is 1.74. The Morgan fingerprint density at radius 3 is 2.95 bits per heavy atom. The van der Waals surface area contributed by atoms with Crippen molar-refractivity contribution in [3.05, 3.63) is 42.6 Å². The number of rotatable bonds is 3. The monoisotopic (exact) mass is 286 g/mol. The molecule has 100 valence electrons. The zero-order valence-corrected chi connectivity index (χ0v) is 11.0. The number of aromatic nitrogens is 3. The van der Waals surface area contributed by atoms with Gasteiger partial charge in [-0.25, -0.2) is 14.8 Å². The molecule has 0 bridgehead atoms. The van der Waals surface area contributed by atoms with Crippen molar-refractivity contribution < 1.29 is 9.90 Å². The molecule has 0 saturated heterocycles. The summed E-state index contributed by atoms with van der Waals surface area (Å²) in [5.74, 6) is 0.215. The van der Waals surface area contributed by atoms with Crippen LogP contribution in [0, 0.1) is 0 Å². The number of H-pyrrole nitrogens is 1. The van der Waals surface area contributed by atoms with Crippen LogP contribution in [-0.2, 0) is 0 Å². The van der Waals surface area contributed by atoms with Crippen LogP contribution < -0.4 is 5.32 Å². The fraction of sp³-hybridized carbons (Fsp3) is 0. The van der Waals surface area contributed by atoms with Gasteiger partial charge in [-0.15, -0.1) is 0 Å². The standard InChI is InChI=1S/C13H10N4O2S/c18-13(19)17-12-15-9-5-4-8(7-10(9)16-12)20-11-3-1-2-6-14-11/h1-7H,(H,18,19)(H2,15,16,17). The first-order valence-electron chi connectivity index (χ1n) is 5.79. The second-order valence-corrected chi connectivity index (χ2v) is 5.06. The van der Waals surface area contributed by atoms with Gasteiger partial charge in [0.15, 0.2) is 0 Å². The molecule has 0 spiro atoms. The topological polar surface area (TPSA) is 90.9 Å². The number of nitrogens with zero attached hydrogens (tertiary/aromatic N) is 2. The van der Waals surface area contributed by atoms with Gasteiger partial charge in [0.2, 0.25) is 5.95 Å². The Balaban J connectivity index is 1.88. The van der Waals surface area contributed by atoms with Gasteiger partial charge in [-0.05, 0) is 30.3 Å². The van der Waals surface area contributed by atoms with E-state index in [2.05, 4.69) is 20.3 Å². The van der Waals surface area contributed by atoms with Crippen molar-refractivity contribution in [2.45, 2.75) is 9.92 Å². The number of pyridine rings is 1. The van der Waals surface area contributed by atoms with E-state index in [9.17, 15) is 4.79 Å². The zero-order valence-electron chi connectivity index (χ0n) is 10.2. The first-order chi connectivity index (χ1) is 9.70. The quantitative estimate of drug-likeness (QED) is 0.687. The number of carboxylic acid groups (broad SMARTS) is 1. The van der Waals surface area contributed by atoms with Gasteiger partial charge in [0.1, 0.15) is 5.03 Å². The summed E-state index contributed by atoms with van der Waals surface area (Å²) >= 11 is 1.52. The summed E-state index contributed by atoms with van der Waals surface area (Å²) in [7, 11) is 0. The summed E-state index contributed by atoms with van der Waals surface area (Å²) < 4.78 is 0. The molecule has 6 nitrogen and oxygen atoms in total. The van der Waals surface area contributed by atoms with Crippen LogP contribution in [0.2, 0.25) is 0 Å². The fourth-order valence-corrected chi connectivity index (χ4v) is 2.55. The number of benzene rings is 1. The molecule has 0 fully saturated rings. The maximum Gasteiger partial charge on any atom is 0.411 e. The molecule has 0 aliphatic rings. The lowest BCUT2D eigenvalue weighted by molar-refractivity contribution is 0.209. The van der Waals surface area contributed by atoms with Gasteiger partial charge in [0, 0.05) is 11.1 Å². The highest BCUT2D eigenvalue weighted by molar-refractivity contribution is 7.99. The molecule has 1 aromatic carbocycles. The van der Waals surface area contributed by atoms with E-state index >= 15 is 0 Å². The average molecular weight is 286 g/mol. The smallest absolute Gasteiger partial charge is 0.411 e. The Kier molecular flexibility index (Phi) is 3.26. The normalized spacial score (nSPS) is 10.6. The highest BCUT2D eigenvalue weighted by atomic mass is 32.2. The van der Waals surface area contributed by atoms with Crippen LogP contribution in [0.3, 0.4) is 0 Å². The van der Waals surface area contributed by atoms with Gasteiger partial charge in [-0.3, -0.25) is 5.32 Å². The predicted molar refractivity (Wildman–Crippen MR) is 76.1 cm³/mol. The van der Waals surface area contributed by atoms with Crippen molar-refractivity contribution in [3.8, 4) is 0 Å². The summed E-state index contributed by atoms with van der Waals surface area (Å²) in [4.78, 5) is 22.9. The van der Waals surface area contributed by atoms with E-state index in [-0.39, 0.29) is 5.95 Å². The van der Waals surface area contributed by atoms with Gasteiger partial charge in [-0.1, -0.05) is 17.8 Å². The van der Waals surface area contributed by atoms with Crippen molar-refractivity contribution in [3.63, 3.8) is 0 Å². The maximum absolute atomic E-state index is 10.6. The van der Waals surface area contributed by atoms with E-state index < -0.39 is 6.09 Å². The lowest BCUT2D eigenvalue weighted by Crippen LogP contribution is -2.08. The minimum Gasteiger partial charge on any atom is -0.465 e. The molecule has 2 aromatic heterocycles. The van der Waals surface area contributed by atoms with Crippen molar-refractivity contribution in [1.82, 2.24) is 15.0 Å². The summed E-state index contributed by atoms with van der Waals surface area (Å²) in [6.07, 6.45) is 0.594. The Morgan fingerprint density at radius 1 is 1.30 bits per heavy atom. The minimum absolute atomic E-state index is 0.215. The molecule has 2 heterocycles. The molecule has 0 aliphatic heterocycles. The molecule has 3 N–H and O–H groups in total. The molecule has 0 saturated carbocycles. The molecule has 7 heteroatoms. The van der Waals surface area contributed by atoms with Crippen molar-refractivity contribution in [1.29, 1.82) is 0 Å². The third-order valence-electron chi connectivity index (χ3n) is 2.54. The minimum atomic E-state index is -1.15. The molecule has 0 aliphatic carbocycles. The summed E-state index contributed by atoms with van der Waals surface area (Å²) in [5.41, 5.74) is 1.48. The third-order valence-corrected chi connectivity index (χ3v) is 3.48. The molecule has 0 radical (unpaired) electrons. The first-order valence-corrected chi connectivity index (χ1v) is 6.61. The van der Waals surface area contributed by atoms with Crippen LogP contribution in [0.15, 0.2) is 52.5 Å². The number of hydrogen-bond acceptors (Lipinski definition) is 4. The highest BCUT2D eigenvalue weighted by Crippen LogP contribution is 2.28. The SMILES string of the molecule is O=C(O)Nc1nc2cc(Sc3ccccn3)ccc2[nH]1. The molecule has 3 aromatic rings. The van der Waals surface area contributed by atoms with Gasteiger partial charge < -0.3 is 10.1 Å². The van der Waals surface area contributed by atoms with E-state index in [0.717, 1.165) is 15.4 Å². The molecular weight excluding hydrogens is 276 g/mol. The van der Waals surface area contributed by atoms with Crippen LogP contribution in [0.5, 0.6) is 0 Å². The summed E-state index contributed by atoms with van der Waals surface area (Å²) in [5, 5.41) is 11.7. The van der Waals surface area contributed by atoms with E-state index in [1.807, 2.05) is 36.4 Å². The highest BCUT2D eigenvalue weighted by Gasteiger charge is 2.06. The lowest BCUT2D eigenvalue weighted by atomic mass is 10.3. The van der Waals surface area contributed by atoms with Crippen LogP contribution in [0.25, 0.3) is 11.0 Å². The lowest BCUT2D eigenvalue weighted by Gasteiger charge is -1.99. The van der Waals surface area contributed by atoms with E-state index in [0.29, 0.717) is 5.52 Å². The summed E-state index contributed by atoms with van der Waals surface area (Å²) in [6.45, 7) is 0. The third kappa shape index (κ3) is 2.72.